The van der Waals surface area contributed by atoms with Gasteiger partial charge in [-0.05, 0) is 12.1 Å². The Balaban J connectivity index is 1.72. The lowest BCUT2D eigenvalue weighted by Gasteiger charge is -2.10. The highest BCUT2D eigenvalue weighted by molar-refractivity contribution is 5.78. The highest BCUT2D eigenvalue weighted by atomic mass is 16.7. The van der Waals surface area contributed by atoms with E-state index in [-0.39, 0.29) is 6.29 Å². The van der Waals surface area contributed by atoms with E-state index in [2.05, 4.69) is 4.98 Å². The van der Waals surface area contributed by atoms with Crippen LogP contribution in [0.3, 0.4) is 0 Å². The Hall–Kier alpha value is -1.65. The minimum absolute atomic E-state index is 0.261. The van der Waals surface area contributed by atoms with Crippen LogP contribution in [0.1, 0.15) is 0 Å². The van der Waals surface area contributed by atoms with Crippen LogP contribution in [0.25, 0.3) is 10.9 Å². The highest BCUT2D eigenvalue weighted by Gasteiger charge is 2.16. The van der Waals surface area contributed by atoms with Crippen molar-refractivity contribution in [2.75, 3.05) is 19.8 Å². The number of ether oxygens (including phenoxy) is 3. The summed E-state index contributed by atoms with van der Waals surface area (Å²) in [5, 5.41) is 1.10. The summed E-state index contributed by atoms with van der Waals surface area (Å²) in [6, 6.07) is 11.8. The Bertz CT molecular complexity index is 509. The number of benzene rings is 1. The van der Waals surface area contributed by atoms with E-state index in [0.29, 0.717) is 25.7 Å². The van der Waals surface area contributed by atoms with Gasteiger partial charge in [0.25, 0.3) is 0 Å². The quantitative estimate of drug-likeness (QED) is 0.810. The molecular formula is C13H13NO3. The molecule has 0 N–H and O–H groups in total. The van der Waals surface area contributed by atoms with Gasteiger partial charge in [0, 0.05) is 11.5 Å². The molecule has 88 valence electrons. The standard InChI is InChI=1S/C13H13NO3/c1-2-4-11-10(3-1)5-6-12(14-11)17-9-13-15-7-8-16-13/h1-6,13H,7-9H2. The average Bonchev–Trinajstić information content (AvgIpc) is 2.89. The van der Waals surface area contributed by atoms with Gasteiger partial charge in [-0.1, -0.05) is 18.2 Å². The third-order valence-corrected chi connectivity index (χ3v) is 2.63. The first-order valence-corrected chi connectivity index (χ1v) is 5.64. The highest BCUT2D eigenvalue weighted by Crippen LogP contribution is 2.16. The van der Waals surface area contributed by atoms with Crippen molar-refractivity contribution >= 4 is 10.9 Å². The Morgan fingerprint density at radius 1 is 1.12 bits per heavy atom. The molecule has 4 nitrogen and oxygen atoms in total. The van der Waals surface area contributed by atoms with Gasteiger partial charge >= 0.3 is 0 Å². The Kier molecular flexibility index (Phi) is 2.90. The monoisotopic (exact) mass is 231 g/mol. The Morgan fingerprint density at radius 2 is 1.94 bits per heavy atom. The topological polar surface area (TPSA) is 40.6 Å². The minimum atomic E-state index is -0.261. The van der Waals surface area contributed by atoms with Crippen LogP contribution < -0.4 is 4.74 Å². The smallest absolute Gasteiger partial charge is 0.213 e. The maximum atomic E-state index is 5.54. The zero-order chi connectivity index (χ0) is 11.5. The Morgan fingerprint density at radius 3 is 2.82 bits per heavy atom. The fourth-order valence-corrected chi connectivity index (χ4v) is 1.78. The molecule has 17 heavy (non-hydrogen) atoms. The third-order valence-electron chi connectivity index (χ3n) is 2.63. The van der Waals surface area contributed by atoms with Crippen LogP contribution in [0, 0.1) is 0 Å². The molecule has 1 saturated heterocycles. The van der Waals surface area contributed by atoms with E-state index >= 15 is 0 Å². The number of pyridine rings is 1. The summed E-state index contributed by atoms with van der Waals surface area (Å²) in [5.41, 5.74) is 0.929. The van der Waals surface area contributed by atoms with E-state index < -0.39 is 0 Å². The molecule has 4 heteroatoms. The number of fused-ring (bicyclic) bond motifs is 1. The van der Waals surface area contributed by atoms with Crippen LogP contribution in [0.2, 0.25) is 0 Å². The average molecular weight is 231 g/mol. The van der Waals surface area contributed by atoms with Crippen molar-refractivity contribution in [3.63, 3.8) is 0 Å². The number of para-hydroxylation sites is 1. The van der Waals surface area contributed by atoms with Crippen LogP contribution in [0.15, 0.2) is 36.4 Å². The summed E-state index contributed by atoms with van der Waals surface area (Å²) in [6.07, 6.45) is -0.261. The molecule has 1 aromatic heterocycles. The van der Waals surface area contributed by atoms with Crippen LogP contribution >= 0.6 is 0 Å². The molecule has 0 spiro atoms. The van der Waals surface area contributed by atoms with Crippen molar-refractivity contribution in [3.05, 3.63) is 36.4 Å². The molecule has 0 atom stereocenters. The first-order valence-electron chi connectivity index (χ1n) is 5.64. The largest absolute Gasteiger partial charge is 0.472 e. The van der Waals surface area contributed by atoms with Gasteiger partial charge in [0.15, 0.2) is 6.29 Å². The zero-order valence-corrected chi connectivity index (χ0v) is 9.33. The van der Waals surface area contributed by atoms with Gasteiger partial charge in [-0.15, -0.1) is 0 Å². The second-order valence-corrected chi connectivity index (χ2v) is 3.82. The summed E-state index contributed by atoms with van der Waals surface area (Å²) >= 11 is 0. The molecule has 1 aliphatic rings. The lowest BCUT2D eigenvalue weighted by Crippen LogP contribution is -2.18. The van der Waals surface area contributed by atoms with Gasteiger partial charge in [0.2, 0.25) is 5.88 Å². The molecule has 1 aromatic carbocycles. The van der Waals surface area contributed by atoms with Crippen LogP contribution in [-0.4, -0.2) is 31.1 Å². The van der Waals surface area contributed by atoms with E-state index in [1.54, 1.807) is 0 Å². The van der Waals surface area contributed by atoms with E-state index in [1.807, 2.05) is 36.4 Å². The first-order chi connectivity index (χ1) is 8.42. The second-order valence-electron chi connectivity index (χ2n) is 3.82. The molecule has 3 rings (SSSR count). The maximum Gasteiger partial charge on any atom is 0.213 e. The fraction of sp³-hybridized carbons (Fsp3) is 0.308. The van der Waals surface area contributed by atoms with Crippen LogP contribution in [-0.2, 0) is 9.47 Å². The number of nitrogens with zero attached hydrogens (tertiary/aromatic N) is 1. The summed E-state index contributed by atoms with van der Waals surface area (Å²) in [5.74, 6) is 0.600. The molecule has 2 aromatic rings. The predicted octanol–water partition coefficient (Wildman–Crippen LogP) is 1.99. The van der Waals surface area contributed by atoms with Crippen molar-refractivity contribution in [2.45, 2.75) is 6.29 Å². The molecule has 0 radical (unpaired) electrons. The normalized spacial score (nSPS) is 16.5. The SMILES string of the molecule is c1ccc2nc(OCC3OCCO3)ccc2c1. The van der Waals surface area contributed by atoms with Gasteiger partial charge in [0.1, 0.15) is 6.61 Å². The third kappa shape index (κ3) is 2.38. The zero-order valence-electron chi connectivity index (χ0n) is 9.33. The summed E-state index contributed by atoms with van der Waals surface area (Å²) < 4.78 is 16.1. The molecule has 0 aliphatic carbocycles. The Labute approximate surface area is 99.1 Å². The molecule has 1 fully saturated rings. The predicted molar refractivity (Wildman–Crippen MR) is 62.9 cm³/mol. The van der Waals surface area contributed by atoms with Gasteiger partial charge < -0.3 is 14.2 Å². The number of rotatable bonds is 3. The number of hydrogen-bond donors (Lipinski definition) is 0. The van der Waals surface area contributed by atoms with Crippen molar-refractivity contribution in [1.29, 1.82) is 0 Å². The van der Waals surface area contributed by atoms with Gasteiger partial charge in [-0.2, -0.15) is 0 Å². The number of hydrogen-bond acceptors (Lipinski definition) is 4. The van der Waals surface area contributed by atoms with E-state index in [9.17, 15) is 0 Å². The fourth-order valence-electron chi connectivity index (χ4n) is 1.78. The molecule has 0 bridgehead atoms. The summed E-state index contributed by atoms with van der Waals surface area (Å²) in [6.45, 7) is 1.66. The summed E-state index contributed by atoms with van der Waals surface area (Å²) in [4.78, 5) is 4.40. The molecule has 2 heterocycles. The summed E-state index contributed by atoms with van der Waals surface area (Å²) in [7, 11) is 0. The van der Waals surface area contributed by atoms with E-state index in [4.69, 9.17) is 14.2 Å². The van der Waals surface area contributed by atoms with Crippen molar-refractivity contribution < 1.29 is 14.2 Å². The van der Waals surface area contributed by atoms with E-state index in [1.165, 1.54) is 0 Å². The second kappa shape index (κ2) is 4.69. The lowest BCUT2D eigenvalue weighted by atomic mass is 10.2. The molecule has 1 aliphatic heterocycles. The minimum Gasteiger partial charge on any atom is -0.472 e. The van der Waals surface area contributed by atoms with Crippen LogP contribution in [0.5, 0.6) is 5.88 Å². The molecule has 0 unspecified atom stereocenters. The van der Waals surface area contributed by atoms with Gasteiger partial charge in [-0.3, -0.25) is 0 Å². The number of aromatic nitrogens is 1. The van der Waals surface area contributed by atoms with Gasteiger partial charge in [-0.25, -0.2) is 4.98 Å². The first kappa shape index (κ1) is 10.5. The van der Waals surface area contributed by atoms with E-state index in [0.717, 1.165) is 10.9 Å². The molecular weight excluding hydrogens is 218 g/mol. The molecule has 0 saturated carbocycles. The van der Waals surface area contributed by atoms with Gasteiger partial charge in [0.05, 0.1) is 18.7 Å². The maximum absolute atomic E-state index is 5.54. The lowest BCUT2D eigenvalue weighted by molar-refractivity contribution is -0.0691. The molecule has 0 amide bonds. The van der Waals surface area contributed by atoms with Crippen molar-refractivity contribution in [1.82, 2.24) is 4.98 Å². The van der Waals surface area contributed by atoms with Crippen LogP contribution in [0.4, 0.5) is 0 Å². The van der Waals surface area contributed by atoms with Crippen molar-refractivity contribution in [2.24, 2.45) is 0 Å². The van der Waals surface area contributed by atoms with Crippen molar-refractivity contribution in [3.8, 4) is 5.88 Å².